The number of methoxy groups -OCH3 is 2. The summed E-state index contributed by atoms with van der Waals surface area (Å²) in [4.78, 5) is 34.5. The Kier molecular flexibility index (Phi) is 7.12. The predicted octanol–water partition coefficient (Wildman–Crippen LogP) is 0.872. The van der Waals surface area contributed by atoms with Crippen molar-refractivity contribution in [2.75, 3.05) is 27.4 Å². The van der Waals surface area contributed by atoms with Crippen molar-refractivity contribution >= 4 is 17.9 Å². The van der Waals surface area contributed by atoms with Gasteiger partial charge in [0.2, 0.25) is 0 Å². The molecule has 0 bridgehead atoms. The molecule has 0 aromatic heterocycles. The third-order valence-electron chi connectivity index (χ3n) is 2.61. The van der Waals surface area contributed by atoms with Crippen molar-refractivity contribution in [3.05, 3.63) is 36.4 Å². The summed E-state index contributed by atoms with van der Waals surface area (Å²) in [7, 11) is 2.90. The van der Waals surface area contributed by atoms with Crippen LogP contribution in [0.1, 0.15) is 10.4 Å². The van der Waals surface area contributed by atoms with Gasteiger partial charge in [-0.2, -0.15) is 0 Å². The van der Waals surface area contributed by atoms with E-state index in [9.17, 15) is 14.4 Å². The van der Waals surface area contributed by atoms with Crippen LogP contribution >= 0.6 is 0 Å². The topological polar surface area (TPSA) is 103 Å². The van der Waals surface area contributed by atoms with Crippen LogP contribution in [0.15, 0.2) is 30.9 Å². The smallest absolute Gasteiger partial charge is 0.338 e. The zero-order valence-electron chi connectivity index (χ0n) is 12.9. The van der Waals surface area contributed by atoms with Crippen LogP contribution in [0.2, 0.25) is 0 Å². The van der Waals surface area contributed by atoms with E-state index in [2.05, 4.69) is 11.9 Å². The first kappa shape index (κ1) is 18.0. The minimum Gasteiger partial charge on any atom is -0.493 e. The van der Waals surface area contributed by atoms with Gasteiger partial charge in [0.15, 0.2) is 18.1 Å². The maximum atomic E-state index is 11.9. The molecule has 0 saturated heterocycles. The van der Waals surface area contributed by atoms with Crippen molar-refractivity contribution in [2.24, 2.45) is 0 Å². The third kappa shape index (κ3) is 5.70. The van der Waals surface area contributed by atoms with Crippen molar-refractivity contribution < 1.29 is 28.6 Å². The number of urea groups is 1. The molecular weight excluding hydrogens is 304 g/mol. The summed E-state index contributed by atoms with van der Waals surface area (Å²) in [5.41, 5.74) is 0.187. The molecule has 1 aromatic rings. The van der Waals surface area contributed by atoms with Gasteiger partial charge in [-0.15, -0.1) is 6.58 Å². The van der Waals surface area contributed by atoms with Crippen molar-refractivity contribution in [2.45, 2.75) is 0 Å². The Labute approximate surface area is 133 Å². The van der Waals surface area contributed by atoms with Gasteiger partial charge in [0.05, 0.1) is 19.8 Å². The molecule has 0 fully saturated rings. The highest BCUT2D eigenvalue weighted by molar-refractivity contribution is 5.97. The summed E-state index contributed by atoms with van der Waals surface area (Å²) in [6, 6.07) is 3.74. The van der Waals surface area contributed by atoms with Crippen molar-refractivity contribution in [1.82, 2.24) is 10.6 Å². The summed E-state index contributed by atoms with van der Waals surface area (Å²) in [5, 5.41) is 4.35. The van der Waals surface area contributed by atoms with E-state index in [0.29, 0.717) is 11.5 Å². The lowest BCUT2D eigenvalue weighted by Crippen LogP contribution is -2.41. The lowest BCUT2D eigenvalue weighted by molar-refractivity contribution is -0.123. The second-order valence-electron chi connectivity index (χ2n) is 4.19. The first-order valence-corrected chi connectivity index (χ1v) is 6.59. The van der Waals surface area contributed by atoms with Gasteiger partial charge in [0.1, 0.15) is 0 Å². The number of amides is 3. The number of carbonyl (C=O) groups is 3. The molecule has 2 N–H and O–H groups in total. The third-order valence-corrected chi connectivity index (χ3v) is 2.61. The molecule has 3 amide bonds. The Bertz CT molecular complexity index is 600. The van der Waals surface area contributed by atoms with Crippen LogP contribution in [0.25, 0.3) is 0 Å². The maximum Gasteiger partial charge on any atom is 0.338 e. The second-order valence-corrected chi connectivity index (χ2v) is 4.19. The fourth-order valence-corrected chi connectivity index (χ4v) is 1.55. The number of nitrogens with one attached hydrogen (secondary N) is 2. The Morgan fingerprint density at radius 2 is 1.87 bits per heavy atom. The first-order valence-electron chi connectivity index (χ1n) is 6.59. The van der Waals surface area contributed by atoms with E-state index in [4.69, 9.17) is 14.2 Å². The summed E-state index contributed by atoms with van der Waals surface area (Å²) in [6.07, 6.45) is 1.46. The molecule has 0 spiro atoms. The van der Waals surface area contributed by atoms with E-state index in [1.54, 1.807) is 0 Å². The van der Waals surface area contributed by atoms with Crippen LogP contribution in [0.4, 0.5) is 4.79 Å². The normalized spacial score (nSPS) is 9.48. The van der Waals surface area contributed by atoms with Crippen molar-refractivity contribution in [3.63, 3.8) is 0 Å². The zero-order chi connectivity index (χ0) is 17.2. The second kappa shape index (κ2) is 9.08. The minimum atomic E-state index is -0.750. The van der Waals surface area contributed by atoms with Gasteiger partial charge in [0.25, 0.3) is 5.91 Å². The number of hydrogen-bond donors (Lipinski definition) is 2. The molecule has 1 rings (SSSR count). The molecule has 0 aliphatic heterocycles. The Hall–Kier alpha value is -3.03. The number of esters is 1. The van der Waals surface area contributed by atoms with Gasteiger partial charge in [-0.25, -0.2) is 9.59 Å². The summed E-state index contributed by atoms with van der Waals surface area (Å²) in [5.74, 6) is -0.663. The molecule has 0 heterocycles. The van der Waals surface area contributed by atoms with Gasteiger partial charge >= 0.3 is 12.0 Å². The summed E-state index contributed by atoms with van der Waals surface area (Å²) in [6.45, 7) is 3.04. The van der Waals surface area contributed by atoms with Gasteiger partial charge in [-0.1, -0.05) is 6.08 Å². The largest absolute Gasteiger partial charge is 0.493 e. The molecule has 0 unspecified atom stereocenters. The van der Waals surface area contributed by atoms with Gasteiger partial charge in [0, 0.05) is 6.54 Å². The molecule has 8 heteroatoms. The highest BCUT2D eigenvalue weighted by Crippen LogP contribution is 2.27. The van der Waals surface area contributed by atoms with Crippen LogP contribution in [0.3, 0.4) is 0 Å². The van der Waals surface area contributed by atoms with Crippen LogP contribution in [0, 0.1) is 0 Å². The summed E-state index contributed by atoms with van der Waals surface area (Å²) < 4.78 is 14.9. The van der Waals surface area contributed by atoms with E-state index in [1.165, 1.54) is 38.5 Å². The van der Waals surface area contributed by atoms with E-state index in [0.717, 1.165) is 0 Å². The average Bonchev–Trinajstić information content (AvgIpc) is 2.57. The van der Waals surface area contributed by atoms with Gasteiger partial charge < -0.3 is 19.5 Å². The van der Waals surface area contributed by atoms with Gasteiger partial charge in [-0.3, -0.25) is 10.1 Å². The molecule has 1 aromatic carbocycles. The highest BCUT2D eigenvalue weighted by atomic mass is 16.5. The molecule has 8 nitrogen and oxygen atoms in total. The van der Waals surface area contributed by atoms with Crippen LogP contribution in [0.5, 0.6) is 11.5 Å². The maximum absolute atomic E-state index is 11.9. The fraction of sp³-hybridized carbons (Fsp3) is 0.267. The van der Waals surface area contributed by atoms with Crippen molar-refractivity contribution in [1.29, 1.82) is 0 Å². The molecule has 124 valence electrons. The predicted molar refractivity (Wildman–Crippen MR) is 81.6 cm³/mol. The van der Waals surface area contributed by atoms with Crippen molar-refractivity contribution in [3.8, 4) is 11.5 Å². The molecule has 0 saturated carbocycles. The molecule has 0 aliphatic rings. The quantitative estimate of drug-likeness (QED) is 0.570. The number of benzene rings is 1. The minimum absolute atomic E-state index is 0.187. The molecule has 0 aliphatic carbocycles. The van der Waals surface area contributed by atoms with Crippen LogP contribution in [-0.4, -0.2) is 45.3 Å². The van der Waals surface area contributed by atoms with E-state index in [1.807, 2.05) is 5.32 Å². The SMILES string of the molecule is C=CCNC(=O)NC(=O)COC(=O)c1ccc(OC)c(OC)c1. The Morgan fingerprint density at radius 3 is 2.48 bits per heavy atom. The summed E-state index contributed by atoms with van der Waals surface area (Å²) >= 11 is 0. The monoisotopic (exact) mass is 322 g/mol. The lowest BCUT2D eigenvalue weighted by Gasteiger charge is -2.09. The average molecular weight is 322 g/mol. The Morgan fingerprint density at radius 1 is 1.17 bits per heavy atom. The van der Waals surface area contributed by atoms with Crippen LogP contribution < -0.4 is 20.1 Å². The fourth-order valence-electron chi connectivity index (χ4n) is 1.55. The number of carbonyl (C=O) groups excluding carboxylic acids is 3. The highest BCUT2D eigenvalue weighted by Gasteiger charge is 2.14. The lowest BCUT2D eigenvalue weighted by atomic mass is 10.2. The van der Waals surface area contributed by atoms with Gasteiger partial charge in [-0.05, 0) is 18.2 Å². The Balaban J connectivity index is 2.55. The zero-order valence-corrected chi connectivity index (χ0v) is 12.9. The van der Waals surface area contributed by atoms with E-state index >= 15 is 0 Å². The number of ether oxygens (including phenoxy) is 3. The van der Waals surface area contributed by atoms with E-state index < -0.39 is 24.5 Å². The molecule has 0 radical (unpaired) electrons. The van der Waals surface area contributed by atoms with E-state index in [-0.39, 0.29) is 12.1 Å². The number of imide groups is 1. The number of hydrogen-bond acceptors (Lipinski definition) is 6. The van der Waals surface area contributed by atoms with Crippen LogP contribution in [-0.2, 0) is 9.53 Å². The molecular formula is C15H18N2O6. The molecule has 23 heavy (non-hydrogen) atoms. The molecule has 0 atom stereocenters. The standard InChI is InChI=1S/C15H18N2O6/c1-4-7-16-15(20)17-13(18)9-23-14(19)10-5-6-11(21-2)12(8-10)22-3/h4-6,8H,1,7,9H2,2-3H3,(H2,16,17,18,20). The first-order chi connectivity index (χ1) is 11.0. The number of rotatable bonds is 7.